The van der Waals surface area contributed by atoms with Crippen molar-refractivity contribution in [1.29, 1.82) is 0 Å². The molecular weight excluding hydrogens is 497 g/mol. The van der Waals surface area contributed by atoms with E-state index in [0.717, 1.165) is 0 Å². The quantitative estimate of drug-likeness (QED) is 0.191. The monoisotopic (exact) mass is 517 g/mol. The maximum atomic E-state index is 15.1. The lowest BCUT2D eigenvalue weighted by Crippen LogP contribution is -2.18. The van der Waals surface area contributed by atoms with Crippen molar-refractivity contribution in [3.63, 3.8) is 0 Å². The Labute approximate surface area is 204 Å². The first kappa shape index (κ1) is 23.7. The van der Waals surface area contributed by atoms with E-state index in [1.807, 2.05) is 0 Å². The number of benzene rings is 2. The van der Waals surface area contributed by atoms with Gasteiger partial charge in [0.05, 0.1) is 9.82 Å². The summed E-state index contributed by atoms with van der Waals surface area (Å²) in [6, 6.07) is 9.63. The second kappa shape index (κ2) is 9.20. The largest absolute Gasteiger partial charge is 0.514 e. The molecule has 188 valence electrons. The zero-order valence-corrected chi connectivity index (χ0v) is 19.4. The van der Waals surface area contributed by atoms with Crippen molar-refractivity contribution in [2.24, 2.45) is 0 Å². The molecule has 0 spiro atoms. The van der Waals surface area contributed by atoms with Crippen molar-refractivity contribution in [3.8, 4) is 5.75 Å². The van der Waals surface area contributed by atoms with Crippen LogP contribution in [-0.2, 0) is 21.3 Å². The first-order chi connectivity index (χ1) is 17.2. The zero-order valence-electron chi connectivity index (χ0n) is 18.6. The van der Waals surface area contributed by atoms with Crippen LogP contribution in [-0.4, -0.2) is 35.8 Å². The molecule has 2 heterocycles. The third-order valence-electron chi connectivity index (χ3n) is 6.09. The van der Waals surface area contributed by atoms with Crippen LogP contribution in [0.2, 0.25) is 0 Å². The number of carbonyl (C=O) groups excluding carboxylic acids is 1. The highest BCUT2D eigenvalue weighted by molar-refractivity contribution is 7.89. The first-order valence-electron chi connectivity index (χ1n) is 11.0. The van der Waals surface area contributed by atoms with Gasteiger partial charge in [-0.3, -0.25) is 15.2 Å². The molecule has 0 amide bonds. The van der Waals surface area contributed by atoms with Crippen molar-refractivity contribution in [2.75, 3.05) is 5.32 Å². The lowest BCUT2D eigenvalue weighted by molar-refractivity contribution is -0.384. The third-order valence-corrected chi connectivity index (χ3v) is 7.59. The minimum atomic E-state index is -3.49. The predicted molar refractivity (Wildman–Crippen MR) is 123 cm³/mol. The summed E-state index contributed by atoms with van der Waals surface area (Å²) in [6.45, 7) is 0.167. The molecule has 0 unspecified atom stereocenters. The number of nitrogens with zero attached hydrogens (tertiary/aromatic N) is 2. The van der Waals surface area contributed by atoms with E-state index < -0.39 is 33.0 Å². The highest BCUT2D eigenvalue weighted by atomic mass is 32.2. The van der Waals surface area contributed by atoms with Gasteiger partial charge in [-0.05, 0) is 55.2 Å². The number of hydrogen-bond donors (Lipinski definition) is 3. The van der Waals surface area contributed by atoms with Gasteiger partial charge in [0.25, 0.3) is 5.69 Å². The van der Waals surface area contributed by atoms with E-state index in [4.69, 9.17) is 9.47 Å². The Morgan fingerprint density at radius 3 is 2.72 bits per heavy atom. The maximum absolute atomic E-state index is 15.1. The summed E-state index contributed by atoms with van der Waals surface area (Å²) in [5.74, 6) is -0.710. The van der Waals surface area contributed by atoms with Gasteiger partial charge in [0.2, 0.25) is 10.0 Å². The fourth-order valence-electron chi connectivity index (χ4n) is 4.34. The minimum absolute atomic E-state index is 0.0423. The van der Waals surface area contributed by atoms with Gasteiger partial charge in [-0.1, -0.05) is 0 Å². The standard InChI is InChI=1S/C22H20FN5O7S/c23-19-20(26-27-21(19)25-14-2-8-18-13(9-14)11-24-36(18,32)33)12-1-5-17(10-12)35-22(29)34-16-6-3-15(4-7-16)28(30)31/h2-4,6-9,12,17,24H,1,5,10-11H2,(H2,25,26,27)/t12-,17+/m0/s1. The number of H-pyrrole nitrogens is 1. The second-order valence-corrected chi connectivity index (χ2v) is 10.2. The number of rotatable bonds is 6. The SMILES string of the molecule is O=C(Oc1ccc([N+](=O)[O-])cc1)O[C@@H]1CC[C@H](c2n[nH]c(Nc3ccc4c(c3)CNS4(=O)=O)c2F)C1. The summed E-state index contributed by atoms with van der Waals surface area (Å²) >= 11 is 0. The summed E-state index contributed by atoms with van der Waals surface area (Å²) < 4.78 is 51.6. The average molecular weight is 517 g/mol. The van der Waals surface area contributed by atoms with Crippen LogP contribution in [0.3, 0.4) is 0 Å². The Bertz CT molecular complexity index is 1440. The maximum Gasteiger partial charge on any atom is 0.514 e. The minimum Gasteiger partial charge on any atom is -0.431 e. The van der Waals surface area contributed by atoms with Gasteiger partial charge in [0.15, 0.2) is 11.6 Å². The first-order valence-corrected chi connectivity index (χ1v) is 12.4. The van der Waals surface area contributed by atoms with E-state index in [0.29, 0.717) is 30.5 Å². The number of anilines is 2. The molecule has 5 rings (SSSR count). The molecule has 3 N–H and O–H groups in total. The van der Waals surface area contributed by atoms with E-state index in [1.165, 1.54) is 30.3 Å². The van der Waals surface area contributed by atoms with Crippen molar-refractivity contribution >= 4 is 33.4 Å². The van der Waals surface area contributed by atoms with Crippen LogP contribution in [0, 0.1) is 15.9 Å². The molecule has 1 aliphatic carbocycles. The van der Waals surface area contributed by atoms with Crippen molar-refractivity contribution in [1.82, 2.24) is 14.9 Å². The average Bonchev–Trinajstić information content (AvgIpc) is 3.52. The van der Waals surface area contributed by atoms with Crippen LogP contribution in [0.25, 0.3) is 0 Å². The molecule has 14 heteroatoms. The molecule has 2 atom stereocenters. The van der Waals surface area contributed by atoms with Gasteiger partial charge in [-0.15, -0.1) is 0 Å². The molecule has 0 bridgehead atoms. The van der Waals surface area contributed by atoms with Crippen LogP contribution in [0.15, 0.2) is 47.4 Å². The van der Waals surface area contributed by atoms with Crippen molar-refractivity contribution < 1.29 is 32.0 Å². The molecule has 0 saturated heterocycles. The number of carbonyl (C=O) groups is 1. The number of sulfonamides is 1. The molecule has 1 fully saturated rings. The Kier molecular flexibility index (Phi) is 6.05. The van der Waals surface area contributed by atoms with Crippen LogP contribution in [0.4, 0.5) is 26.4 Å². The highest BCUT2D eigenvalue weighted by Crippen LogP contribution is 2.38. The van der Waals surface area contributed by atoms with Crippen LogP contribution < -0.4 is 14.8 Å². The lowest BCUT2D eigenvalue weighted by atomic mass is 10.0. The number of aromatic nitrogens is 2. The number of nitrogens with one attached hydrogen (secondary N) is 3. The molecule has 1 aromatic heterocycles. The van der Waals surface area contributed by atoms with Gasteiger partial charge < -0.3 is 14.8 Å². The van der Waals surface area contributed by atoms with Gasteiger partial charge in [-0.25, -0.2) is 22.3 Å². The molecule has 1 saturated carbocycles. The topological polar surface area (TPSA) is 166 Å². The van der Waals surface area contributed by atoms with Crippen LogP contribution >= 0.6 is 0 Å². The van der Waals surface area contributed by atoms with Gasteiger partial charge in [0.1, 0.15) is 17.5 Å². The fourth-order valence-corrected chi connectivity index (χ4v) is 5.56. The summed E-state index contributed by atoms with van der Waals surface area (Å²) in [5.41, 5.74) is 1.16. The molecule has 2 aliphatic rings. The number of hydrogen-bond acceptors (Lipinski definition) is 9. The summed E-state index contributed by atoms with van der Waals surface area (Å²) in [7, 11) is -3.49. The Morgan fingerprint density at radius 1 is 1.19 bits per heavy atom. The summed E-state index contributed by atoms with van der Waals surface area (Å²) in [4.78, 5) is 22.4. The number of nitro groups is 1. The number of non-ortho nitro benzene ring substituents is 1. The number of halogens is 1. The van der Waals surface area contributed by atoms with E-state index >= 15 is 4.39 Å². The second-order valence-electron chi connectivity index (χ2n) is 8.42. The fraction of sp³-hybridized carbons (Fsp3) is 0.273. The van der Waals surface area contributed by atoms with E-state index in [2.05, 4.69) is 20.2 Å². The van der Waals surface area contributed by atoms with Gasteiger partial charge in [0, 0.05) is 30.3 Å². The van der Waals surface area contributed by atoms with Crippen LogP contribution in [0.1, 0.15) is 36.4 Å². The number of nitro benzene ring substituents is 1. The summed E-state index contributed by atoms with van der Waals surface area (Å²) in [6.07, 6.45) is -0.0777. The van der Waals surface area contributed by atoms with Crippen LogP contribution in [0.5, 0.6) is 5.75 Å². The Balaban J connectivity index is 1.18. The number of aromatic amines is 1. The van der Waals surface area contributed by atoms with Gasteiger partial charge >= 0.3 is 6.16 Å². The Morgan fingerprint density at radius 2 is 1.97 bits per heavy atom. The van der Waals surface area contributed by atoms with E-state index in [9.17, 15) is 23.3 Å². The predicted octanol–water partition coefficient (Wildman–Crippen LogP) is 3.84. The van der Waals surface area contributed by atoms with E-state index in [1.54, 1.807) is 12.1 Å². The van der Waals surface area contributed by atoms with E-state index in [-0.39, 0.29) is 40.3 Å². The van der Waals surface area contributed by atoms with Gasteiger partial charge in [-0.2, -0.15) is 5.10 Å². The number of fused-ring (bicyclic) bond motifs is 1. The molecule has 2 aromatic carbocycles. The highest BCUT2D eigenvalue weighted by Gasteiger charge is 2.33. The molecule has 36 heavy (non-hydrogen) atoms. The third kappa shape index (κ3) is 4.72. The summed E-state index contributed by atoms with van der Waals surface area (Å²) in [5, 5.41) is 20.3. The van der Waals surface area contributed by atoms with Crippen molar-refractivity contribution in [2.45, 2.75) is 42.7 Å². The molecule has 1 aliphatic heterocycles. The Hall–Kier alpha value is -4.04. The lowest BCUT2D eigenvalue weighted by Gasteiger charge is -2.12. The smallest absolute Gasteiger partial charge is 0.431 e. The molecule has 3 aromatic rings. The molecule has 0 radical (unpaired) electrons. The number of ether oxygens (including phenoxy) is 2. The molecular formula is C22H20FN5O7S. The normalized spacial score (nSPS) is 20.0. The molecule has 12 nitrogen and oxygen atoms in total. The van der Waals surface area contributed by atoms with Crippen molar-refractivity contribution in [3.05, 3.63) is 69.7 Å². The zero-order chi connectivity index (χ0) is 25.4.